The molecule has 94 valence electrons. The molecule has 0 amide bonds. The van der Waals surface area contributed by atoms with E-state index in [0.717, 1.165) is 25.4 Å². The molecular weight excluding hydrogens is 230 g/mol. The second-order valence-corrected chi connectivity index (χ2v) is 6.55. The van der Waals surface area contributed by atoms with E-state index in [9.17, 15) is 0 Å². The van der Waals surface area contributed by atoms with E-state index in [4.69, 9.17) is 0 Å². The van der Waals surface area contributed by atoms with Crippen molar-refractivity contribution in [2.24, 2.45) is 5.92 Å². The number of rotatable bonds is 4. The van der Waals surface area contributed by atoms with Gasteiger partial charge in [-0.25, -0.2) is 4.98 Å². The van der Waals surface area contributed by atoms with Gasteiger partial charge < -0.3 is 5.32 Å². The Balaban J connectivity index is 1.53. The Morgan fingerprint density at radius 1 is 1.59 bits per heavy atom. The number of piperazine rings is 1. The zero-order valence-corrected chi connectivity index (χ0v) is 11.3. The summed E-state index contributed by atoms with van der Waals surface area (Å²) in [5, 5.41) is 7.07. The molecule has 2 fully saturated rings. The maximum Gasteiger partial charge on any atom is 0.0937 e. The summed E-state index contributed by atoms with van der Waals surface area (Å²) in [5.74, 6) is 0.921. The van der Waals surface area contributed by atoms with Crippen LogP contribution in [0.4, 0.5) is 0 Å². The predicted molar refractivity (Wildman–Crippen MR) is 71.4 cm³/mol. The van der Waals surface area contributed by atoms with Crippen LogP contribution in [0.3, 0.4) is 0 Å². The fourth-order valence-corrected chi connectivity index (χ4v) is 3.52. The first-order chi connectivity index (χ1) is 8.26. The predicted octanol–water partition coefficient (Wildman–Crippen LogP) is 1.76. The van der Waals surface area contributed by atoms with Crippen molar-refractivity contribution in [2.45, 2.75) is 31.7 Å². The van der Waals surface area contributed by atoms with E-state index in [1.54, 1.807) is 11.3 Å². The zero-order chi connectivity index (χ0) is 11.7. The third-order valence-electron chi connectivity index (χ3n) is 4.11. The molecule has 0 radical (unpaired) electrons. The first-order valence-electron chi connectivity index (χ1n) is 6.62. The van der Waals surface area contributed by atoms with Crippen LogP contribution in [0.5, 0.6) is 0 Å². The molecule has 1 unspecified atom stereocenters. The molecule has 0 bridgehead atoms. The Morgan fingerprint density at radius 3 is 3.18 bits per heavy atom. The number of hydrogen-bond acceptors (Lipinski definition) is 4. The topological polar surface area (TPSA) is 28.2 Å². The van der Waals surface area contributed by atoms with Gasteiger partial charge in [0, 0.05) is 49.7 Å². The summed E-state index contributed by atoms with van der Waals surface area (Å²) >= 11 is 1.78. The first kappa shape index (κ1) is 11.6. The Morgan fingerprint density at radius 2 is 2.47 bits per heavy atom. The standard InChI is InChI=1S/C13H21N3S/c1-13(11-2-3-11)10-16(8-5-15-13)7-4-12-14-6-9-17-12/h6,9,11,15H,2-5,7-8,10H2,1H3. The Labute approximate surface area is 107 Å². The van der Waals surface area contributed by atoms with Gasteiger partial charge in [-0.3, -0.25) is 4.90 Å². The second-order valence-electron chi connectivity index (χ2n) is 5.57. The largest absolute Gasteiger partial charge is 0.309 e. The SMILES string of the molecule is CC1(C2CC2)CN(CCc2nccs2)CCN1. The summed E-state index contributed by atoms with van der Waals surface area (Å²) in [4.78, 5) is 6.97. The zero-order valence-electron chi connectivity index (χ0n) is 10.5. The lowest BCUT2D eigenvalue weighted by atomic mass is 9.93. The molecule has 1 aliphatic heterocycles. The highest BCUT2D eigenvalue weighted by Crippen LogP contribution is 2.40. The third-order valence-corrected chi connectivity index (χ3v) is 4.95. The highest BCUT2D eigenvalue weighted by atomic mass is 32.1. The van der Waals surface area contributed by atoms with Crippen molar-refractivity contribution >= 4 is 11.3 Å². The number of nitrogens with zero attached hydrogens (tertiary/aromatic N) is 2. The van der Waals surface area contributed by atoms with Crippen LogP contribution in [0.2, 0.25) is 0 Å². The quantitative estimate of drug-likeness (QED) is 0.884. The van der Waals surface area contributed by atoms with Gasteiger partial charge in [0.1, 0.15) is 0 Å². The molecule has 0 aromatic carbocycles. The van der Waals surface area contributed by atoms with Crippen molar-refractivity contribution in [1.29, 1.82) is 0 Å². The Kier molecular flexibility index (Phi) is 3.19. The minimum Gasteiger partial charge on any atom is -0.309 e. The molecule has 1 atom stereocenters. The molecule has 1 aliphatic carbocycles. The third kappa shape index (κ3) is 2.69. The lowest BCUT2D eigenvalue weighted by Crippen LogP contribution is -2.60. The van der Waals surface area contributed by atoms with Gasteiger partial charge in [-0.1, -0.05) is 0 Å². The van der Waals surface area contributed by atoms with Crippen molar-refractivity contribution in [3.63, 3.8) is 0 Å². The highest BCUT2D eigenvalue weighted by Gasteiger charge is 2.43. The van der Waals surface area contributed by atoms with Gasteiger partial charge in [0.05, 0.1) is 5.01 Å². The average Bonchev–Trinajstić information content (AvgIpc) is 3.06. The smallest absolute Gasteiger partial charge is 0.0937 e. The van der Waals surface area contributed by atoms with Crippen molar-refractivity contribution in [1.82, 2.24) is 15.2 Å². The van der Waals surface area contributed by atoms with Crippen LogP contribution in [-0.4, -0.2) is 41.6 Å². The summed E-state index contributed by atoms with van der Waals surface area (Å²) in [6, 6.07) is 0. The van der Waals surface area contributed by atoms with Gasteiger partial charge >= 0.3 is 0 Å². The van der Waals surface area contributed by atoms with Crippen molar-refractivity contribution in [3.05, 3.63) is 16.6 Å². The Hall–Kier alpha value is -0.450. The molecule has 17 heavy (non-hydrogen) atoms. The molecule has 2 aliphatic rings. The number of hydrogen-bond donors (Lipinski definition) is 1. The van der Waals surface area contributed by atoms with Crippen LogP contribution in [0.1, 0.15) is 24.8 Å². The van der Waals surface area contributed by atoms with Crippen LogP contribution >= 0.6 is 11.3 Å². The van der Waals surface area contributed by atoms with E-state index in [1.807, 2.05) is 6.20 Å². The van der Waals surface area contributed by atoms with Gasteiger partial charge in [-0.2, -0.15) is 0 Å². The van der Waals surface area contributed by atoms with E-state index in [1.165, 1.54) is 30.9 Å². The van der Waals surface area contributed by atoms with Crippen LogP contribution in [0, 0.1) is 5.92 Å². The van der Waals surface area contributed by atoms with Gasteiger partial charge in [-0.05, 0) is 25.7 Å². The van der Waals surface area contributed by atoms with Gasteiger partial charge in [0.2, 0.25) is 0 Å². The summed E-state index contributed by atoms with van der Waals surface area (Å²) in [6.07, 6.45) is 5.86. The molecule has 3 rings (SSSR count). The maximum atomic E-state index is 4.36. The number of aromatic nitrogens is 1. The van der Waals surface area contributed by atoms with Crippen LogP contribution in [0.25, 0.3) is 0 Å². The van der Waals surface area contributed by atoms with E-state index in [2.05, 4.69) is 27.5 Å². The minimum absolute atomic E-state index is 0.376. The summed E-state index contributed by atoms with van der Waals surface area (Å²) in [6.45, 7) is 7.11. The van der Waals surface area contributed by atoms with Crippen LogP contribution < -0.4 is 5.32 Å². The molecule has 0 spiro atoms. The summed E-state index contributed by atoms with van der Waals surface area (Å²) in [5.41, 5.74) is 0.376. The fraction of sp³-hybridized carbons (Fsp3) is 0.769. The van der Waals surface area contributed by atoms with E-state index in [-0.39, 0.29) is 0 Å². The highest BCUT2D eigenvalue weighted by molar-refractivity contribution is 7.09. The van der Waals surface area contributed by atoms with E-state index >= 15 is 0 Å². The number of thiazole rings is 1. The Bertz CT molecular complexity index is 361. The minimum atomic E-state index is 0.376. The van der Waals surface area contributed by atoms with E-state index < -0.39 is 0 Å². The molecular formula is C13H21N3S. The monoisotopic (exact) mass is 251 g/mol. The lowest BCUT2D eigenvalue weighted by Gasteiger charge is -2.42. The number of nitrogens with one attached hydrogen (secondary N) is 1. The molecule has 1 saturated carbocycles. The molecule has 1 N–H and O–H groups in total. The summed E-state index contributed by atoms with van der Waals surface area (Å²) < 4.78 is 0. The van der Waals surface area contributed by atoms with Gasteiger partial charge in [0.15, 0.2) is 0 Å². The van der Waals surface area contributed by atoms with Gasteiger partial charge in [-0.15, -0.1) is 11.3 Å². The molecule has 2 heterocycles. The first-order valence-corrected chi connectivity index (χ1v) is 7.50. The average molecular weight is 251 g/mol. The molecule has 1 saturated heterocycles. The van der Waals surface area contributed by atoms with Crippen LogP contribution in [-0.2, 0) is 6.42 Å². The van der Waals surface area contributed by atoms with E-state index in [0.29, 0.717) is 5.54 Å². The maximum absolute atomic E-state index is 4.36. The lowest BCUT2D eigenvalue weighted by molar-refractivity contribution is 0.128. The van der Waals surface area contributed by atoms with Crippen LogP contribution in [0.15, 0.2) is 11.6 Å². The van der Waals surface area contributed by atoms with Crippen molar-refractivity contribution in [3.8, 4) is 0 Å². The van der Waals surface area contributed by atoms with Gasteiger partial charge in [0.25, 0.3) is 0 Å². The molecule has 1 aromatic rings. The van der Waals surface area contributed by atoms with Crippen molar-refractivity contribution in [2.75, 3.05) is 26.2 Å². The normalized spacial score (nSPS) is 30.6. The second kappa shape index (κ2) is 4.67. The summed E-state index contributed by atoms with van der Waals surface area (Å²) in [7, 11) is 0. The van der Waals surface area contributed by atoms with Crippen molar-refractivity contribution < 1.29 is 0 Å². The fourth-order valence-electron chi connectivity index (χ4n) is 2.91. The molecule has 4 heteroatoms. The molecule has 1 aromatic heterocycles. The molecule has 3 nitrogen and oxygen atoms in total.